The average molecular weight is 389 g/mol. The highest BCUT2D eigenvalue weighted by Gasteiger charge is 2.31. The molecule has 0 fully saturated rings. The zero-order valence-corrected chi connectivity index (χ0v) is 14.8. The minimum atomic E-state index is -4.41. The number of hydrogen-bond acceptors (Lipinski definition) is 4. The maximum Gasteiger partial charge on any atom is 0.416 e. The van der Waals surface area contributed by atoms with Gasteiger partial charge in [-0.05, 0) is 29.8 Å². The fourth-order valence-corrected chi connectivity index (χ4v) is 3.82. The molecule has 2 heterocycles. The van der Waals surface area contributed by atoms with Gasteiger partial charge in [-0.3, -0.25) is 9.36 Å². The van der Waals surface area contributed by atoms with Crippen LogP contribution in [0.4, 0.5) is 18.9 Å². The summed E-state index contributed by atoms with van der Waals surface area (Å²) in [5.74, 6) is 0. The third-order valence-corrected chi connectivity index (χ3v) is 5.26. The normalized spacial score (nSPS) is 14.8. The molecule has 0 radical (unpaired) electrons. The molecule has 0 saturated carbocycles. The van der Waals surface area contributed by atoms with E-state index in [1.54, 1.807) is 17.0 Å². The van der Waals surface area contributed by atoms with Crippen molar-refractivity contribution >= 4 is 23.1 Å². The molecule has 1 aliphatic heterocycles. The van der Waals surface area contributed by atoms with E-state index in [1.165, 1.54) is 22.0 Å². The number of alkyl halides is 3. The standard InChI is InChI=1S/C19H14F3N3OS/c20-19(21,22)14-7-4-8-15(10-14)24-11-23-18-25(12-24)17(26)16(27-18)9-13-5-2-1-3-6-13/h1-10H,11-12H2. The first-order valence-electron chi connectivity index (χ1n) is 8.15. The van der Waals surface area contributed by atoms with E-state index in [4.69, 9.17) is 0 Å². The summed E-state index contributed by atoms with van der Waals surface area (Å²) in [4.78, 5) is 19.3. The van der Waals surface area contributed by atoms with Crippen LogP contribution >= 0.6 is 11.3 Å². The second-order valence-corrected chi connectivity index (χ2v) is 7.08. The van der Waals surface area contributed by atoms with Gasteiger partial charge in [-0.2, -0.15) is 13.2 Å². The summed E-state index contributed by atoms with van der Waals surface area (Å²) in [5.41, 5.74) is 0.371. The van der Waals surface area contributed by atoms with Crippen LogP contribution in [0.2, 0.25) is 0 Å². The molecule has 0 unspecified atom stereocenters. The summed E-state index contributed by atoms with van der Waals surface area (Å²) < 4.78 is 40.9. The van der Waals surface area contributed by atoms with Gasteiger partial charge in [0, 0.05) is 5.69 Å². The van der Waals surface area contributed by atoms with Gasteiger partial charge in [-0.15, -0.1) is 0 Å². The zero-order chi connectivity index (χ0) is 19.0. The highest BCUT2D eigenvalue weighted by atomic mass is 32.1. The highest BCUT2D eigenvalue weighted by Crippen LogP contribution is 2.31. The molecule has 0 spiro atoms. The molecular weight excluding hydrogens is 375 g/mol. The number of thiazole rings is 1. The topological polar surface area (TPSA) is 37.6 Å². The number of nitrogens with zero attached hydrogens (tertiary/aromatic N) is 3. The molecule has 0 saturated heterocycles. The van der Waals surface area contributed by atoms with E-state index in [0.29, 0.717) is 15.0 Å². The van der Waals surface area contributed by atoms with E-state index in [0.717, 1.165) is 17.7 Å². The molecule has 0 bridgehead atoms. The highest BCUT2D eigenvalue weighted by molar-refractivity contribution is 7.07. The Bertz CT molecular complexity index is 1150. The van der Waals surface area contributed by atoms with Gasteiger partial charge in [0.1, 0.15) is 13.3 Å². The van der Waals surface area contributed by atoms with Crippen molar-refractivity contribution in [2.24, 2.45) is 4.99 Å². The van der Waals surface area contributed by atoms with Crippen molar-refractivity contribution in [1.82, 2.24) is 4.57 Å². The third-order valence-electron chi connectivity index (χ3n) is 4.21. The molecule has 4 rings (SSSR count). The third kappa shape index (κ3) is 3.52. The number of fused-ring (bicyclic) bond motifs is 1. The van der Waals surface area contributed by atoms with E-state index in [2.05, 4.69) is 4.99 Å². The van der Waals surface area contributed by atoms with E-state index >= 15 is 0 Å². The lowest BCUT2D eigenvalue weighted by Crippen LogP contribution is -2.42. The van der Waals surface area contributed by atoms with E-state index < -0.39 is 11.7 Å². The van der Waals surface area contributed by atoms with Crippen LogP contribution in [0.15, 0.2) is 64.4 Å². The minimum absolute atomic E-state index is 0.165. The predicted molar refractivity (Wildman–Crippen MR) is 98.2 cm³/mol. The molecule has 1 aromatic heterocycles. The van der Waals surface area contributed by atoms with Gasteiger partial charge < -0.3 is 4.90 Å². The minimum Gasteiger partial charge on any atom is -0.334 e. The van der Waals surface area contributed by atoms with Crippen LogP contribution in [0.1, 0.15) is 11.1 Å². The molecule has 0 atom stereocenters. The Morgan fingerprint density at radius 2 is 1.85 bits per heavy atom. The quantitative estimate of drug-likeness (QED) is 0.676. The summed E-state index contributed by atoms with van der Waals surface area (Å²) in [5, 5.41) is 0. The summed E-state index contributed by atoms with van der Waals surface area (Å²) in [6, 6.07) is 14.5. The first-order chi connectivity index (χ1) is 12.9. The van der Waals surface area contributed by atoms with E-state index in [9.17, 15) is 18.0 Å². The number of aromatic nitrogens is 1. The molecule has 4 nitrogen and oxygen atoms in total. The molecule has 8 heteroatoms. The lowest BCUT2D eigenvalue weighted by atomic mass is 10.2. The maximum atomic E-state index is 12.9. The SMILES string of the molecule is O=c1c(=Cc2ccccc2)sc2n1CN(c1cccc(C(F)(F)F)c1)CN=2. The number of hydrogen-bond donors (Lipinski definition) is 0. The molecule has 0 aliphatic carbocycles. The first kappa shape index (κ1) is 17.5. The molecule has 138 valence electrons. The predicted octanol–water partition coefficient (Wildman–Crippen LogP) is 2.81. The molecule has 1 aliphatic rings. The van der Waals surface area contributed by atoms with Crippen LogP contribution in [0.5, 0.6) is 0 Å². The Labute approximate surface area is 156 Å². The number of anilines is 1. The van der Waals surface area contributed by atoms with Gasteiger partial charge >= 0.3 is 6.18 Å². The molecule has 0 amide bonds. The number of benzene rings is 2. The van der Waals surface area contributed by atoms with E-state index in [-0.39, 0.29) is 18.9 Å². The van der Waals surface area contributed by atoms with Gasteiger partial charge in [0.05, 0.1) is 10.1 Å². The monoisotopic (exact) mass is 389 g/mol. The average Bonchev–Trinajstić information content (AvgIpc) is 2.97. The smallest absolute Gasteiger partial charge is 0.334 e. The lowest BCUT2D eigenvalue weighted by molar-refractivity contribution is -0.137. The van der Waals surface area contributed by atoms with E-state index in [1.807, 2.05) is 30.3 Å². The van der Waals surface area contributed by atoms with Gasteiger partial charge in [0.15, 0.2) is 4.80 Å². The molecule has 2 aromatic carbocycles. The molecule has 27 heavy (non-hydrogen) atoms. The summed E-state index contributed by atoms with van der Waals surface area (Å²) in [6.07, 6.45) is -2.62. The van der Waals surface area contributed by atoms with Gasteiger partial charge in [0.25, 0.3) is 5.56 Å². The van der Waals surface area contributed by atoms with Crippen molar-refractivity contribution < 1.29 is 13.2 Å². The van der Waals surface area contributed by atoms with Crippen LogP contribution in [0.25, 0.3) is 6.08 Å². The summed E-state index contributed by atoms with van der Waals surface area (Å²) >= 11 is 1.28. The van der Waals surface area contributed by atoms with Crippen molar-refractivity contribution in [3.63, 3.8) is 0 Å². The Kier molecular flexibility index (Phi) is 4.35. The Morgan fingerprint density at radius 1 is 1.07 bits per heavy atom. The molecule has 3 aromatic rings. The first-order valence-corrected chi connectivity index (χ1v) is 8.96. The van der Waals surface area contributed by atoms with Crippen LogP contribution in [0, 0.1) is 0 Å². The van der Waals surface area contributed by atoms with Crippen molar-refractivity contribution in [3.05, 3.63) is 85.4 Å². The van der Waals surface area contributed by atoms with Crippen LogP contribution in [-0.4, -0.2) is 11.2 Å². The van der Waals surface area contributed by atoms with Crippen LogP contribution < -0.4 is 19.8 Å². The second kappa shape index (κ2) is 6.70. The zero-order valence-electron chi connectivity index (χ0n) is 14.0. The molecular formula is C19H14F3N3OS. The Hall–Kier alpha value is -2.87. The van der Waals surface area contributed by atoms with Gasteiger partial charge in [-0.1, -0.05) is 47.7 Å². The Morgan fingerprint density at radius 3 is 2.59 bits per heavy atom. The Balaban J connectivity index is 1.69. The number of rotatable bonds is 2. The van der Waals surface area contributed by atoms with Crippen molar-refractivity contribution in [2.75, 3.05) is 11.6 Å². The largest absolute Gasteiger partial charge is 0.416 e. The fraction of sp³-hybridized carbons (Fsp3) is 0.158. The molecule has 0 N–H and O–H groups in total. The number of halogens is 3. The maximum absolute atomic E-state index is 12.9. The summed E-state index contributed by atoms with van der Waals surface area (Å²) in [7, 11) is 0. The van der Waals surface area contributed by atoms with Crippen LogP contribution in [0.3, 0.4) is 0 Å². The van der Waals surface area contributed by atoms with Crippen molar-refractivity contribution in [2.45, 2.75) is 12.8 Å². The lowest BCUT2D eigenvalue weighted by Gasteiger charge is -2.26. The summed E-state index contributed by atoms with van der Waals surface area (Å²) in [6.45, 7) is 0.365. The van der Waals surface area contributed by atoms with Crippen LogP contribution in [-0.2, 0) is 12.8 Å². The second-order valence-electron chi connectivity index (χ2n) is 6.07. The van der Waals surface area contributed by atoms with Gasteiger partial charge in [-0.25, -0.2) is 4.99 Å². The van der Waals surface area contributed by atoms with Gasteiger partial charge in [0.2, 0.25) is 0 Å². The fourth-order valence-electron chi connectivity index (χ4n) is 2.85. The van der Waals surface area contributed by atoms with Crippen molar-refractivity contribution in [1.29, 1.82) is 0 Å². The van der Waals surface area contributed by atoms with Crippen molar-refractivity contribution in [3.8, 4) is 0 Å².